The van der Waals surface area contributed by atoms with Gasteiger partial charge in [-0.25, -0.2) is 9.69 Å². The summed E-state index contributed by atoms with van der Waals surface area (Å²) in [6, 6.07) is 50.1. The van der Waals surface area contributed by atoms with Crippen LogP contribution in [0.5, 0.6) is 0 Å². The normalized spacial score (nSPS) is 14.5. The lowest BCUT2D eigenvalue weighted by atomic mass is 9.81. The summed E-state index contributed by atoms with van der Waals surface area (Å²) in [7, 11) is 0. The van der Waals surface area contributed by atoms with Crippen molar-refractivity contribution in [2.24, 2.45) is 0 Å². The number of nitrogens with zero attached hydrogens (tertiary/aromatic N) is 6. The summed E-state index contributed by atoms with van der Waals surface area (Å²) in [4.78, 5) is 12.1. The molecule has 2 aliphatic carbocycles. The average molecular weight is 777 g/mol. The SMILES string of the molecule is [C-]#[N+]c1ccc(N(c2ccc([N+]#[C-])cc2)c2c3ccc(C4CCCCC4)cc3c(N(c3ccc(C#N)cc3)c3ccc(C#N)cc3)c3ccc(C4CCCCC4)cc23)cc1. The molecule has 0 heterocycles. The predicted octanol–water partition coefficient (Wildman–Crippen LogP) is 15.9. The average Bonchev–Trinajstić information content (AvgIpc) is 3.33. The molecule has 7 aromatic carbocycles. The van der Waals surface area contributed by atoms with Crippen LogP contribution >= 0.6 is 0 Å². The molecule has 0 aromatic heterocycles. The van der Waals surface area contributed by atoms with Gasteiger partial charge in [0.05, 0.1) is 47.8 Å². The highest BCUT2D eigenvalue weighted by molar-refractivity contribution is 6.23. The monoisotopic (exact) mass is 776 g/mol. The topological polar surface area (TPSA) is 62.8 Å². The smallest absolute Gasteiger partial charge is 0.187 e. The molecule has 2 saturated carbocycles. The minimum Gasteiger partial charge on any atom is -0.309 e. The Kier molecular flexibility index (Phi) is 10.7. The Hall–Kier alpha value is -7.38. The van der Waals surface area contributed by atoms with Crippen molar-refractivity contribution in [3.8, 4) is 12.1 Å². The molecule has 0 unspecified atom stereocenters. The van der Waals surface area contributed by atoms with Gasteiger partial charge in [-0.1, -0.05) is 87.1 Å². The van der Waals surface area contributed by atoms with Crippen LogP contribution in [0.4, 0.5) is 45.5 Å². The van der Waals surface area contributed by atoms with Gasteiger partial charge in [0.15, 0.2) is 11.4 Å². The largest absolute Gasteiger partial charge is 0.309 e. The van der Waals surface area contributed by atoms with E-state index < -0.39 is 0 Å². The van der Waals surface area contributed by atoms with E-state index in [-0.39, 0.29) is 0 Å². The zero-order valence-corrected chi connectivity index (χ0v) is 33.6. The second kappa shape index (κ2) is 16.8. The first kappa shape index (κ1) is 38.2. The van der Waals surface area contributed by atoms with Gasteiger partial charge in [-0.3, -0.25) is 0 Å². The Bertz CT molecular complexity index is 2540. The fourth-order valence-corrected chi connectivity index (χ4v) is 9.62. The summed E-state index contributed by atoms with van der Waals surface area (Å²) in [5, 5.41) is 24.0. The first-order valence-electron chi connectivity index (χ1n) is 21.2. The molecule has 0 N–H and O–H groups in total. The van der Waals surface area contributed by atoms with Gasteiger partial charge in [0, 0.05) is 44.3 Å². The number of benzene rings is 7. The van der Waals surface area contributed by atoms with Crippen LogP contribution in [0.2, 0.25) is 0 Å². The molecular weight excluding hydrogens is 733 g/mol. The highest BCUT2D eigenvalue weighted by Crippen LogP contribution is 2.53. The van der Waals surface area contributed by atoms with Crippen LogP contribution in [0.15, 0.2) is 133 Å². The molecule has 2 aliphatic rings. The molecule has 0 spiro atoms. The first-order valence-corrected chi connectivity index (χ1v) is 21.2. The zero-order chi connectivity index (χ0) is 41.0. The number of nitriles is 2. The summed E-state index contributed by atoms with van der Waals surface area (Å²) < 4.78 is 0. The lowest BCUT2D eigenvalue weighted by molar-refractivity contribution is 0.444. The van der Waals surface area contributed by atoms with Crippen molar-refractivity contribution in [3.63, 3.8) is 0 Å². The third-order valence-corrected chi connectivity index (χ3v) is 12.7. The summed E-state index contributed by atoms with van der Waals surface area (Å²) in [6.07, 6.45) is 12.1. The summed E-state index contributed by atoms with van der Waals surface area (Å²) >= 11 is 0. The molecule has 0 bridgehead atoms. The van der Waals surface area contributed by atoms with Crippen LogP contribution in [0.1, 0.15) is 98.3 Å². The molecule has 9 rings (SSSR count). The van der Waals surface area contributed by atoms with Gasteiger partial charge in [-0.15, -0.1) is 0 Å². The Labute approximate surface area is 352 Å². The Morgan fingerprint density at radius 3 is 1.07 bits per heavy atom. The van der Waals surface area contributed by atoms with Crippen molar-refractivity contribution in [3.05, 3.63) is 179 Å². The first-order chi connectivity index (χ1) is 29.6. The van der Waals surface area contributed by atoms with Crippen molar-refractivity contribution in [2.75, 3.05) is 9.80 Å². The third-order valence-electron chi connectivity index (χ3n) is 12.7. The molecule has 7 aromatic rings. The van der Waals surface area contributed by atoms with E-state index in [9.17, 15) is 10.5 Å². The molecule has 0 amide bonds. The summed E-state index contributed by atoms with van der Waals surface area (Å²) in [5.41, 5.74) is 10.7. The molecule has 290 valence electrons. The molecule has 0 atom stereocenters. The van der Waals surface area contributed by atoms with Crippen LogP contribution in [0.25, 0.3) is 31.2 Å². The standard InChI is InChI=1S/C54H44N6/c1-57-43-19-27-47(28-20-43)60(48-29-21-44(58-2)22-30-48)54-50-32-18-41(39-9-5-3-6-10-39)33-51(50)53(49-31-17-42(34-52(49)54)40-11-7-4-8-12-40)59(45-23-13-37(35-55)14-24-45)46-25-15-38(36-56)16-26-46/h13-34,39-40H,3-12H2. The maximum Gasteiger partial charge on any atom is 0.187 e. The van der Waals surface area contributed by atoms with Crippen molar-refractivity contribution in [1.29, 1.82) is 10.5 Å². The highest BCUT2D eigenvalue weighted by atomic mass is 15.2. The minimum absolute atomic E-state index is 0.459. The molecule has 2 fully saturated rings. The van der Waals surface area contributed by atoms with E-state index in [0.717, 1.165) is 81.4 Å². The maximum atomic E-state index is 9.83. The highest BCUT2D eigenvalue weighted by Gasteiger charge is 2.28. The van der Waals surface area contributed by atoms with E-state index in [2.05, 4.69) is 68.0 Å². The van der Waals surface area contributed by atoms with E-state index in [1.165, 1.54) is 49.7 Å². The van der Waals surface area contributed by atoms with Gasteiger partial charge in [0.1, 0.15) is 0 Å². The fourth-order valence-electron chi connectivity index (χ4n) is 9.62. The second-order valence-corrected chi connectivity index (χ2v) is 16.2. The van der Waals surface area contributed by atoms with Gasteiger partial charge in [0.2, 0.25) is 0 Å². The number of hydrogen-bond donors (Lipinski definition) is 0. The van der Waals surface area contributed by atoms with Crippen molar-refractivity contribution in [1.82, 2.24) is 0 Å². The van der Waals surface area contributed by atoms with Gasteiger partial charge < -0.3 is 9.80 Å². The van der Waals surface area contributed by atoms with E-state index >= 15 is 0 Å². The van der Waals surface area contributed by atoms with Crippen molar-refractivity contribution in [2.45, 2.75) is 76.0 Å². The van der Waals surface area contributed by atoms with Crippen LogP contribution in [0, 0.1) is 35.8 Å². The molecule has 0 aliphatic heterocycles. The Morgan fingerprint density at radius 2 is 0.750 bits per heavy atom. The number of hydrogen-bond acceptors (Lipinski definition) is 4. The fraction of sp³-hybridized carbons (Fsp3) is 0.222. The lowest BCUT2D eigenvalue weighted by Crippen LogP contribution is -2.15. The van der Waals surface area contributed by atoms with E-state index in [4.69, 9.17) is 13.1 Å². The molecule has 0 saturated heterocycles. The van der Waals surface area contributed by atoms with Crippen molar-refractivity contribution < 1.29 is 0 Å². The number of rotatable bonds is 8. The minimum atomic E-state index is 0.459. The summed E-state index contributed by atoms with van der Waals surface area (Å²) in [6.45, 7) is 15.5. The maximum absolute atomic E-state index is 9.83. The van der Waals surface area contributed by atoms with Crippen LogP contribution in [-0.2, 0) is 0 Å². The van der Waals surface area contributed by atoms with Crippen molar-refractivity contribution >= 4 is 67.0 Å². The Balaban J connectivity index is 1.43. The second-order valence-electron chi connectivity index (χ2n) is 16.2. The van der Waals surface area contributed by atoms with E-state index in [1.54, 1.807) is 0 Å². The third kappa shape index (κ3) is 7.30. The molecule has 6 heteroatoms. The molecule has 6 nitrogen and oxygen atoms in total. The molecule has 0 radical (unpaired) electrons. The summed E-state index contributed by atoms with van der Waals surface area (Å²) in [5.74, 6) is 0.918. The van der Waals surface area contributed by atoms with E-state index in [1.807, 2.05) is 97.1 Å². The Morgan fingerprint density at radius 1 is 0.417 bits per heavy atom. The molecule has 60 heavy (non-hydrogen) atoms. The van der Waals surface area contributed by atoms with Gasteiger partial charge >= 0.3 is 0 Å². The van der Waals surface area contributed by atoms with Gasteiger partial charge in [-0.2, -0.15) is 10.5 Å². The van der Waals surface area contributed by atoms with E-state index in [0.29, 0.717) is 34.3 Å². The van der Waals surface area contributed by atoms with Gasteiger partial charge in [-0.05, 0) is 134 Å². The van der Waals surface area contributed by atoms with Crippen LogP contribution in [0.3, 0.4) is 0 Å². The van der Waals surface area contributed by atoms with Gasteiger partial charge in [0.25, 0.3) is 0 Å². The number of anilines is 6. The van der Waals surface area contributed by atoms with Crippen LogP contribution in [-0.4, -0.2) is 0 Å². The van der Waals surface area contributed by atoms with Crippen LogP contribution < -0.4 is 9.80 Å². The predicted molar refractivity (Wildman–Crippen MR) is 244 cm³/mol. The number of fused-ring (bicyclic) bond motifs is 2. The molecular formula is C54H44N6. The lowest BCUT2D eigenvalue weighted by Gasteiger charge is -2.34. The zero-order valence-electron chi connectivity index (χ0n) is 33.6. The quantitative estimate of drug-likeness (QED) is 0.0876.